The SMILES string of the molecule is CCCC(CCC)(C(=O)Nc1cccnc1)C(N)=S. The lowest BCUT2D eigenvalue weighted by Crippen LogP contribution is -2.46. The Morgan fingerprint density at radius 2 is 2.05 bits per heavy atom. The van der Waals surface area contributed by atoms with E-state index in [4.69, 9.17) is 18.0 Å². The van der Waals surface area contributed by atoms with Gasteiger partial charge in [0.1, 0.15) is 0 Å². The van der Waals surface area contributed by atoms with Gasteiger partial charge in [0.15, 0.2) is 0 Å². The molecule has 0 unspecified atom stereocenters. The van der Waals surface area contributed by atoms with Gasteiger partial charge in [0.25, 0.3) is 0 Å². The van der Waals surface area contributed by atoms with Crippen LogP contribution in [0.4, 0.5) is 5.69 Å². The summed E-state index contributed by atoms with van der Waals surface area (Å²) in [5, 5.41) is 2.86. The Kier molecular flexibility index (Phi) is 5.89. The van der Waals surface area contributed by atoms with Gasteiger partial charge in [-0.15, -0.1) is 0 Å². The van der Waals surface area contributed by atoms with Gasteiger partial charge in [-0.25, -0.2) is 0 Å². The second-order valence-corrected chi connectivity index (χ2v) is 5.08. The Bertz CT molecular complexity index is 428. The van der Waals surface area contributed by atoms with Gasteiger partial charge in [0, 0.05) is 6.20 Å². The molecule has 3 N–H and O–H groups in total. The topological polar surface area (TPSA) is 68.0 Å². The van der Waals surface area contributed by atoms with E-state index in [1.807, 2.05) is 13.8 Å². The van der Waals surface area contributed by atoms with Gasteiger partial charge < -0.3 is 11.1 Å². The molecule has 1 rings (SSSR count). The number of rotatable bonds is 7. The second kappa shape index (κ2) is 7.19. The molecule has 0 aliphatic carbocycles. The van der Waals surface area contributed by atoms with Crippen LogP contribution in [0.1, 0.15) is 39.5 Å². The molecular weight excluding hydrogens is 258 g/mol. The smallest absolute Gasteiger partial charge is 0.237 e. The Labute approximate surface area is 119 Å². The van der Waals surface area contributed by atoms with Gasteiger partial charge in [-0.3, -0.25) is 9.78 Å². The zero-order chi connectivity index (χ0) is 14.3. The first kappa shape index (κ1) is 15.6. The molecule has 19 heavy (non-hydrogen) atoms. The van der Waals surface area contributed by atoms with Crippen molar-refractivity contribution in [3.63, 3.8) is 0 Å². The van der Waals surface area contributed by atoms with Crippen LogP contribution in [0, 0.1) is 5.41 Å². The number of anilines is 1. The van der Waals surface area contributed by atoms with Crippen LogP contribution in [0.15, 0.2) is 24.5 Å². The lowest BCUT2D eigenvalue weighted by atomic mass is 9.78. The van der Waals surface area contributed by atoms with E-state index in [2.05, 4.69) is 10.3 Å². The largest absolute Gasteiger partial charge is 0.392 e. The molecule has 1 aromatic rings. The third-order valence-corrected chi connectivity index (χ3v) is 3.57. The highest BCUT2D eigenvalue weighted by atomic mass is 32.1. The Hall–Kier alpha value is -1.49. The first-order chi connectivity index (χ1) is 9.06. The number of hydrogen-bond acceptors (Lipinski definition) is 3. The second-order valence-electron chi connectivity index (χ2n) is 4.64. The fourth-order valence-electron chi connectivity index (χ4n) is 2.25. The zero-order valence-corrected chi connectivity index (χ0v) is 12.3. The summed E-state index contributed by atoms with van der Waals surface area (Å²) in [6.07, 6.45) is 6.33. The molecule has 4 nitrogen and oxygen atoms in total. The molecule has 0 atom stereocenters. The van der Waals surface area contributed by atoms with E-state index in [1.54, 1.807) is 24.5 Å². The van der Waals surface area contributed by atoms with Crippen molar-refractivity contribution in [1.29, 1.82) is 0 Å². The van der Waals surface area contributed by atoms with Crippen LogP contribution < -0.4 is 11.1 Å². The Morgan fingerprint density at radius 3 is 2.47 bits per heavy atom. The van der Waals surface area contributed by atoms with Crippen molar-refractivity contribution < 1.29 is 4.79 Å². The third kappa shape index (κ3) is 3.73. The van der Waals surface area contributed by atoms with E-state index < -0.39 is 5.41 Å². The Morgan fingerprint density at radius 1 is 1.42 bits per heavy atom. The molecule has 0 aliphatic rings. The minimum Gasteiger partial charge on any atom is -0.392 e. The van der Waals surface area contributed by atoms with Crippen LogP contribution in [0.5, 0.6) is 0 Å². The van der Waals surface area contributed by atoms with Gasteiger partial charge in [-0.1, -0.05) is 38.9 Å². The molecule has 104 valence electrons. The standard InChI is InChI=1S/C14H21N3OS/c1-3-7-14(8-4-2,12(15)19)13(18)17-11-6-5-9-16-10-11/h5-6,9-10H,3-4,7-8H2,1-2H3,(H2,15,19)(H,17,18). The van der Waals surface area contributed by atoms with Crippen LogP contribution in [-0.4, -0.2) is 15.9 Å². The van der Waals surface area contributed by atoms with Gasteiger partial charge in [0.05, 0.1) is 22.3 Å². The molecule has 1 aromatic heterocycles. The minimum absolute atomic E-state index is 0.128. The first-order valence-electron chi connectivity index (χ1n) is 6.58. The summed E-state index contributed by atoms with van der Waals surface area (Å²) in [6, 6.07) is 3.57. The lowest BCUT2D eigenvalue weighted by Gasteiger charge is -2.30. The molecular formula is C14H21N3OS. The maximum atomic E-state index is 12.5. The lowest BCUT2D eigenvalue weighted by molar-refractivity contribution is -0.122. The van der Waals surface area contributed by atoms with Crippen molar-refractivity contribution in [3.05, 3.63) is 24.5 Å². The molecule has 0 fully saturated rings. The molecule has 0 aromatic carbocycles. The average Bonchev–Trinajstić information content (AvgIpc) is 2.39. The predicted octanol–water partition coefficient (Wildman–Crippen LogP) is 2.89. The summed E-state index contributed by atoms with van der Waals surface area (Å²) in [6.45, 7) is 4.06. The predicted molar refractivity (Wildman–Crippen MR) is 81.9 cm³/mol. The number of carbonyl (C=O) groups is 1. The van der Waals surface area contributed by atoms with Crippen LogP contribution in [0.2, 0.25) is 0 Å². The molecule has 0 saturated carbocycles. The number of hydrogen-bond donors (Lipinski definition) is 2. The van der Waals surface area contributed by atoms with E-state index in [9.17, 15) is 4.79 Å². The quantitative estimate of drug-likeness (QED) is 0.753. The summed E-state index contributed by atoms with van der Waals surface area (Å²) >= 11 is 5.15. The van der Waals surface area contributed by atoms with Gasteiger partial charge in [0.2, 0.25) is 5.91 Å². The highest BCUT2D eigenvalue weighted by Gasteiger charge is 2.39. The number of pyridine rings is 1. The van der Waals surface area contributed by atoms with Crippen molar-refractivity contribution in [1.82, 2.24) is 4.98 Å². The monoisotopic (exact) mass is 279 g/mol. The summed E-state index contributed by atoms with van der Waals surface area (Å²) in [7, 11) is 0. The number of thiocarbonyl (C=S) groups is 1. The van der Waals surface area contributed by atoms with Crippen molar-refractivity contribution >= 4 is 28.8 Å². The zero-order valence-electron chi connectivity index (χ0n) is 11.5. The van der Waals surface area contributed by atoms with Gasteiger partial charge in [-0.05, 0) is 25.0 Å². The molecule has 0 aliphatic heterocycles. The molecule has 0 radical (unpaired) electrons. The van der Waals surface area contributed by atoms with E-state index in [0.29, 0.717) is 18.5 Å². The summed E-state index contributed by atoms with van der Waals surface area (Å²) < 4.78 is 0. The maximum absolute atomic E-state index is 12.5. The highest BCUT2D eigenvalue weighted by molar-refractivity contribution is 7.80. The van der Waals surface area contributed by atoms with Crippen molar-refractivity contribution in [2.75, 3.05) is 5.32 Å². The number of aromatic nitrogens is 1. The van der Waals surface area contributed by atoms with Gasteiger partial charge in [-0.2, -0.15) is 0 Å². The summed E-state index contributed by atoms with van der Waals surface area (Å²) in [4.78, 5) is 16.8. The molecule has 1 amide bonds. The average molecular weight is 279 g/mol. The third-order valence-electron chi connectivity index (χ3n) is 3.18. The fraction of sp³-hybridized carbons (Fsp3) is 0.500. The summed E-state index contributed by atoms with van der Waals surface area (Å²) in [5.74, 6) is -0.128. The Balaban J connectivity index is 2.96. The van der Waals surface area contributed by atoms with Gasteiger partial charge >= 0.3 is 0 Å². The first-order valence-corrected chi connectivity index (χ1v) is 6.99. The van der Waals surface area contributed by atoms with E-state index in [1.165, 1.54) is 0 Å². The number of nitrogens with two attached hydrogens (primary N) is 1. The van der Waals surface area contributed by atoms with E-state index in [-0.39, 0.29) is 10.9 Å². The fourth-order valence-corrected chi connectivity index (χ4v) is 2.55. The number of nitrogens with one attached hydrogen (secondary N) is 1. The molecule has 1 heterocycles. The number of amides is 1. The minimum atomic E-state index is -0.755. The van der Waals surface area contributed by atoms with Crippen LogP contribution in [-0.2, 0) is 4.79 Å². The number of nitrogens with zero attached hydrogens (tertiary/aromatic N) is 1. The number of carbonyl (C=O) groups excluding carboxylic acids is 1. The van der Waals surface area contributed by atoms with Crippen LogP contribution in [0.3, 0.4) is 0 Å². The highest BCUT2D eigenvalue weighted by Crippen LogP contribution is 2.32. The van der Waals surface area contributed by atoms with E-state index in [0.717, 1.165) is 12.8 Å². The van der Waals surface area contributed by atoms with Crippen molar-refractivity contribution in [2.24, 2.45) is 11.1 Å². The molecule has 0 spiro atoms. The molecule has 0 bridgehead atoms. The van der Waals surface area contributed by atoms with Crippen LogP contribution in [0.25, 0.3) is 0 Å². The summed E-state index contributed by atoms with van der Waals surface area (Å²) in [5.41, 5.74) is 5.77. The van der Waals surface area contributed by atoms with Crippen LogP contribution >= 0.6 is 12.2 Å². The van der Waals surface area contributed by atoms with Crippen molar-refractivity contribution in [2.45, 2.75) is 39.5 Å². The normalized spacial score (nSPS) is 11.1. The maximum Gasteiger partial charge on any atom is 0.237 e. The molecule has 0 saturated heterocycles. The van der Waals surface area contributed by atoms with E-state index >= 15 is 0 Å². The van der Waals surface area contributed by atoms with Crippen molar-refractivity contribution in [3.8, 4) is 0 Å². The molecule has 5 heteroatoms.